The Bertz CT molecular complexity index is 3530. The number of ether oxygens (including phenoxy) is 2. The van der Waals surface area contributed by atoms with E-state index in [2.05, 4.69) is 10.7 Å². The van der Waals surface area contributed by atoms with Crippen LogP contribution in [-0.2, 0) is 48.5 Å². The third-order valence-corrected chi connectivity index (χ3v) is 12.5. The van der Waals surface area contributed by atoms with Crippen LogP contribution in [0, 0.1) is 92.5 Å². The van der Waals surface area contributed by atoms with Gasteiger partial charge in [0.2, 0.25) is 30.1 Å². The number of nitrogen functional groups attached to an aromatic ring is 1. The molecular formula is C37H41Cl2F3N8O21S5. The van der Waals surface area contributed by atoms with Gasteiger partial charge in [-0.3, -0.25) is 45.0 Å². The van der Waals surface area contributed by atoms with Gasteiger partial charge in [-0.25, -0.2) is 62.3 Å². The molecule has 9 N–H and O–H groups in total. The van der Waals surface area contributed by atoms with Crippen LogP contribution in [-0.4, -0.2) is 80.6 Å². The van der Waals surface area contributed by atoms with Crippen LogP contribution in [0.15, 0.2) is 86.3 Å². The Morgan fingerprint density at radius 2 is 0.763 bits per heavy atom. The van der Waals surface area contributed by atoms with Gasteiger partial charge in [0.15, 0.2) is 0 Å². The minimum absolute atomic E-state index is 0.0214. The number of non-ortho nitro benzene ring substituents is 4. The van der Waals surface area contributed by atoms with Gasteiger partial charge in [-0.05, 0) is 80.6 Å². The van der Waals surface area contributed by atoms with Gasteiger partial charge in [-0.1, -0.05) is 0 Å². The molecule has 0 atom stereocenters. The van der Waals surface area contributed by atoms with Crippen molar-refractivity contribution < 1.29 is 89.0 Å². The largest absolute Gasteiger partial charge is 0.495 e. The fourth-order valence-corrected chi connectivity index (χ4v) is 8.58. The number of nitrogens with two attached hydrogens (primary N) is 4. The third-order valence-electron chi connectivity index (χ3n) is 8.48. The molecule has 0 fully saturated rings. The molecule has 0 spiro atoms. The number of rotatable bonds is 10. The van der Waals surface area contributed by atoms with Gasteiger partial charge in [0.05, 0.1) is 33.9 Å². The minimum Gasteiger partial charge on any atom is -0.495 e. The summed E-state index contributed by atoms with van der Waals surface area (Å²) in [4.78, 5) is 36.4. The van der Waals surface area contributed by atoms with Crippen molar-refractivity contribution in [3.05, 3.63) is 152 Å². The molecule has 0 unspecified atom stereocenters. The molecule has 420 valence electrons. The zero-order valence-electron chi connectivity index (χ0n) is 39.5. The molecule has 76 heavy (non-hydrogen) atoms. The van der Waals surface area contributed by atoms with Gasteiger partial charge in [0, 0.05) is 75.6 Å². The number of nitro groups is 4. The van der Waals surface area contributed by atoms with Crippen LogP contribution < -0.4 is 30.6 Å². The van der Waals surface area contributed by atoms with E-state index in [1.165, 1.54) is 60.1 Å². The number of hydrogen-bond acceptors (Lipinski definition) is 21. The molecule has 5 aromatic carbocycles. The van der Waals surface area contributed by atoms with Crippen molar-refractivity contribution >= 4 is 98.3 Å². The lowest BCUT2D eigenvalue weighted by molar-refractivity contribution is -0.385. The number of anilines is 1. The van der Waals surface area contributed by atoms with Crippen LogP contribution >= 0.6 is 21.4 Å². The first-order chi connectivity index (χ1) is 34.2. The molecule has 0 radical (unpaired) electrons. The van der Waals surface area contributed by atoms with Crippen molar-refractivity contribution in [1.82, 2.24) is 0 Å². The van der Waals surface area contributed by atoms with E-state index in [0.717, 1.165) is 30.3 Å². The lowest BCUT2D eigenvalue weighted by Gasteiger charge is -2.10. The molecule has 5 aromatic rings. The first kappa shape index (κ1) is 69.1. The monoisotopic (exact) mass is 1220 g/mol. The van der Waals surface area contributed by atoms with Gasteiger partial charge in [-0.15, -0.1) is 0 Å². The lowest BCUT2D eigenvalue weighted by Crippen LogP contribution is -2.15. The minimum atomic E-state index is -4.32. The average molecular weight is 1220 g/mol. The molecular weight excluding hydrogens is 1180 g/mol. The Morgan fingerprint density at radius 1 is 0.474 bits per heavy atom. The maximum absolute atomic E-state index is 13.3. The zero-order valence-corrected chi connectivity index (χ0v) is 45.1. The van der Waals surface area contributed by atoms with E-state index >= 15 is 0 Å². The summed E-state index contributed by atoms with van der Waals surface area (Å²) in [5, 5.41) is 56.1. The van der Waals surface area contributed by atoms with E-state index in [-0.39, 0.29) is 43.8 Å². The summed E-state index contributed by atoms with van der Waals surface area (Å²) in [6.07, 6.45) is 0. The van der Waals surface area contributed by atoms with Crippen LogP contribution in [0.1, 0.15) is 27.8 Å². The second kappa shape index (κ2) is 27.7. The molecule has 0 amide bonds. The SMILES string of the molecule is COc1c(C)cc(N)cc1S(N)(=O)=O.COc1c(C)cc([N+](=O)[O-])cc1S(N)(=O)=O.Cc1cc([N+](=O)[O-])cc(S(=O)(=O)Cl)c1F.Cc1cc([N+](=O)[O-])cc(S(N)(=O)=O)c1F.Cc1cc([N+](=O)[O-])ccc1F.O=S(=O)(O)Cl. The summed E-state index contributed by atoms with van der Waals surface area (Å²) < 4.78 is 162. The molecule has 0 bridgehead atoms. The molecule has 5 rings (SSSR count). The Morgan fingerprint density at radius 3 is 1.08 bits per heavy atom. The smallest absolute Gasteiger partial charge is 0.353 e. The Labute approximate surface area is 438 Å². The van der Waals surface area contributed by atoms with Gasteiger partial charge in [0.1, 0.15) is 48.5 Å². The Hall–Kier alpha value is -6.94. The van der Waals surface area contributed by atoms with Crippen molar-refractivity contribution in [3.63, 3.8) is 0 Å². The van der Waals surface area contributed by atoms with Crippen LogP contribution in [0.4, 0.5) is 41.6 Å². The molecule has 0 aliphatic carbocycles. The highest BCUT2D eigenvalue weighted by Crippen LogP contribution is 2.32. The molecule has 39 heteroatoms. The van der Waals surface area contributed by atoms with E-state index in [0.29, 0.717) is 34.5 Å². The van der Waals surface area contributed by atoms with Crippen LogP contribution in [0.5, 0.6) is 11.5 Å². The third kappa shape index (κ3) is 22.5. The van der Waals surface area contributed by atoms with Gasteiger partial charge < -0.3 is 15.2 Å². The van der Waals surface area contributed by atoms with Gasteiger partial charge in [0.25, 0.3) is 31.8 Å². The predicted molar refractivity (Wildman–Crippen MR) is 264 cm³/mol. The van der Waals surface area contributed by atoms with Crippen LogP contribution in [0.25, 0.3) is 0 Å². The fraction of sp³-hybridized carbons (Fsp3) is 0.189. The van der Waals surface area contributed by atoms with Crippen molar-refractivity contribution in [2.24, 2.45) is 15.4 Å². The maximum Gasteiger partial charge on any atom is 0.353 e. The first-order valence-electron chi connectivity index (χ1n) is 19.0. The molecule has 0 heterocycles. The van der Waals surface area contributed by atoms with Crippen LogP contribution in [0.2, 0.25) is 0 Å². The summed E-state index contributed by atoms with van der Waals surface area (Å²) in [5.41, 5.74) is 5.35. The highest BCUT2D eigenvalue weighted by molar-refractivity contribution is 8.13. The zero-order chi connectivity index (χ0) is 60.0. The molecule has 0 aliphatic rings. The van der Waals surface area contributed by atoms with Crippen molar-refractivity contribution in [2.45, 2.75) is 54.2 Å². The molecule has 0 aliphatic heterocycles. The van der Waals surface area contributed by atoms with Crippen molar-refractivity contribution in [3.8, 4) is 11.5 Å². The molecule has 0 saturated carbocycles. The van der Waals surface area contributed by atoms with Crippen molar-refractivity contribution in [1.29, 1.82) is 0 Å². The topological polar surface area (TPSA) is 486 Å². The van der Waals surface area contributed by atoms with Crippen LogP contribution in [0.3, 0.4) is 0 Å². The summed E-state index contributed by atoms with van der Waals surface area (Å²) in [7, 11) is -9.03. The van der Waals surface area contributed by atoms with E-state index < -0.39 is 107 Å². The molecule has 0 aromatic heterocycles. The number of methoxy groups -OCH3 is 2. The standard InChI is InChI=1S/C8H10N2O5S.C8H12N2O3S.C7H5ClFNO4S.C7H7FN2O4S.C7H6FNO2.ClHO3S/c1-5-3-6(10(11)12)4-7(8(5)15-2)16(9,13)14;1-5-3-6(9)4-7(8(5)13-2)14(10,11)12;1-4-2-5(10(11)12)3-6(7(4)9)15(8,13)14;1-4-2-5(10(11)12)3-6(7(4)8)15(9,13)14;1-5-4-6(9(10)11)2-3-7(5)8;1-5(2,3)4/h3-4H,1-2H3,(H2,9,13,14);3-4H,9H2,1-2H3,(H2,10,11,12);2-3H,1H3;2-3H,1H3,(H2,9,13,14);2-4H,1H3;(H,2,3,4). The summed E-state index contributed by atoms with van der Waals surface area (Å²) in [5.74, 6) is -2.30. The summed E-state index contributed by atoms with van der Waals surface area (Å²) in [6.45, 7) is 7.12. The number of aryl methyl sites for hydroxylation is 5. The molecule has 0 saturated heterocycles. The Balaban J connectivity index is 0.000000907. The fourth-order valence-electron chi connectivity index (χ4n) is 5.32. The number of primary sulfonamides is 3. The highest BCUT2D eigenvalue weighted by Gasteiger charge is 2.25. The second-order valence-electron chi connectivity index (χ2n) is 14.3. The molecule has 29 nitrogen and oxygen atoms in total. The quantitative estimate of drug-likeness (QED) is 0.0377. The van der Waals surface area contributed by atoms with E-state index in [4.69, 9.17) is 54.3 Å². The second-order valence-corrected chi connectivity index (χ2v) is 23.4. The predicted octanol–water partition coefficient (Wildman–Crippen LogP) is 5.52. The van der Waals surface area contributed by atoms with Gasteiger partial charge >= 0.3 is 9.33 Å². The Kier molecular flexibility index (Phi) is 25.2. The number of nitrogens with zero attached hydrogens (tertiary/aromatic N) is 4. The summed E-state index contributed by atoms with van der Waals surface area (Å²) >= 11 is 0. The first-order valence-corrected chi connectivity index (χ1v) is 28.2. The lowest BCUT2D eigenvalue weighted by atomic mass is 10.2. The van der Waals surface area contributed by atoms with E-state index in [1.54, 1.807) is 13.0 Å². The van der Waals surface area contributed by atoms with E-state index in [9.17, 15) is 87.3 Å². The number of benzene rings is 5. The number of hydrogen-bond donors (Lipinski definition) is 5. The highest BCUT2D eigenvalue weighted by atomic mass is 35.7. The normalized spacial score (nSPS) is 11.1. The summed E-state index contributed by atoms with van der Waals surface area (Å²) in [6, 6.07) is 11.5. The maximum atomic E-state index is 13.3. The number of halogens is 5. The average Bonchev–Trinajstić information content (AvgIpc) is 3.24. The van der Waals surface area contributed by atoms with Crippen molar-refractivity contribution in [2.75, 3.05) is 20.0 Å². The number of sulfonamides is 3. The van der Waals surface area contributed by atoms with E-state index in [1.807, 2.05) is 0 Å². The van der Waals surface area contributed by atoms with Gasteiger partial charge in [-0.2, -0.15) is 8.42 Å². The number of nitro benzene ring substituents is 4.